The van der Waals surface area contributed by atoms with Crippen LogP contribution in [-0.4, -0.2) is 62.8 Å². The summed E-state index contributed by atoms with van der Waals surface area (Å²) in [7, 11) is -1.08. The molecule has 1 N–H and O–H groups in total. The van der Waals surface area contributed by atoms with Crippen molar-refractivity contribution in [3.8, 4) is 11.3 Å². The Hall–Kier alpha value is -2.99. The molecular weight excluding hydrogens is 485 g/mol. The Labute approximate surface area is 200 Å². The van der Waals surface area contributed by atoms with Crippen molar-refractivity contribution < 1.29 is 31.5 Å². The Kier molecular flexibility index (Phi) is 6.87. The van der Waals surface area contributed by atoms with E-state index in [-0.39, 0.29) is 11.2 Å². The van der Waals surface area contributed by atoms with E-state index in [1.807, 2.05) is 36.1 Å². The van der Waals surface area contributed by atoms with Crippen molar-refractivity contribution in [1.82, 2.24) is 18.8 Å². The van der Waals surface area contributed by atoms with E-state index in [0.29, 0.717) is 13.1 Å². The minimum atomic E-state index is -5.08. The van der Waals surface area contributed by atoms with Gasteiger partial charge in [0.05, 0.1) is 22.8 Å². The zero-order valence-electron chi connectivity index (χ0n) is 18.9. The summed E-state index contributed by atoms with van der Waals surface area (Å²) in [6.07, 6.45) is 0.0171. The van der Waals surface area contributed by atoms with E-state index in [0.717, 1.165) is 53.7 Å². The highest BCUT2D eigenvalue weighted by molar-refractivity contribution is 7.90. The van der Waals surface area contributed by atoms with Gasteiger partial charge in [-0.05, 0) is 31.7 Å². The average Bonchev–Trinajstić information content (AvgIpc) is 3.63. The second-order valence-electron chi connectivity index (χ2n) is 8.71. The van der Waals surface area contributed by atoms with Crippen molar-refractivity contribution in [2.24, 2.45) is 7.05 Å². The zero-order valence-corrected chi connectivity index (χ0v) is 19.8. The summed E-state index contributed by atoms with van der Waals surface area (Å²) in [5, 5.41) is 7.00. The Morgan fingerprint density at radius 1 is 1.09 bits per heavy atom. The number of hydrogen-bond donors (Lipinski definition) is 1. The van der Waals surface area contributed by atoms with Crippen LogP contribution in [0.5, 0.6) is 0 Å². The van der Waals surface area contributed by atoms with E-state index >= 15 is 0 Å². The largest absolute Gasteiger partial charge is 0.490 e. The number of carboxylic acids is 1. The van der Waals surface area contributed by atoms with E-state index in [1.165, 1.54) is 0 Å². The minimum absolute atomic E-state index is 0.127. The van der Waals surface area contributed by atoms with E-state index in [4.69, 9.17) is 14.9 Å². The molecule has 0 atom stereocenters. The number of aliphatic carboxylic acids is 1. The quantitative estimate of drug-likeness (QED) is 0.570. The number of nitrogens with zero attached hydrogens (tertiary/aromatic N) is 4. The zero-order chi connectivity index (χ0) is 25.4. The van der Waals surface area contributed by atoms with E-state index in [1.54, 1.807) is 4.31 Å². The molecule has 0 unspecified atom stereocenters. The second-order valence-corrected chi connectivity index (χ2v) is 10.9. The first-order valence-electron chi connectivity index (χ1n) is 11.1. The van der Waals surface area contributed by atoms with Crippen LogP contribution in [-0.2, 0) is 21.9 Å². The topological polar surface area (TPSA) is 105 Å². The Morgan fingerprint density at radius 3 is 2.23 bits per heavy atom. The number of alkyl halides is 3. The second kappa shape index (κ2) is 9.57. The monoisotopic (exact) mass is 510 g/mol. The van der Waals surface area contributed by atoms with Gasteiger partial charge in [-0.25, -0.2) is 22.5 Å². The molecule has 12 heteroatoms. The average molecular weight is 511 g/mol. The number of imidazole rings is 1. The van der Waals surface area contributed by atoms with Crippen LogP contribution >= 0.6 is 0 Å². The molecule has 2 fully saturated rings. The van der Waals surface area contributed by atoms with E-state index in [9.17, 15) is 21.6 Å². The molecule has 188 valence electrons. The molecule has 0 bridgehead atoms. The number of fused-ring (bicyclic) bond motifs is 1. The van der Waals surface area contributed by atoms with E-state index < -0.39 is 22.2 Å². The highest BCUT2D eigenvalue weighted by Gasteiger charge is 2.41. The molecule has 1 aromatic carbocycles. The third-order valence-electron chi connectivity index (χ3n) is 6.20. The molecule has 1 aliphatic heterocycles. The Morgan fingerprint density at radius 2 is 1.69 bits per heavy atom. The third kappa shape index (κ3) is 5.48. The van der Waals surface area contributed by atoms with Gasteiger partial charge >= 0.3 is 12.1 Å². The fraction of sp³-hybridized carbons (Fsp3) is 0.435. The molecule has 2 aliphatic rings. The van der Waals surface area contributed by atoms with Crippen LogP contribution in [0.1, 0.15) is 37.3 Å². The Bertz CT molecular complexity index is 1310. The lowest BCUT2D eigenvalue weighted by molar-refractivity contribution is -0.192. The van der Waals surface area contributed by atoms with Gasteiger partial charge in [-0.1, -0.05) is 30.3 Å². The molecule has 0 amide bonds. The van der Waals surface area contributed by atoms with Gasteiger partial charge in [0.2, 0.25) is 10.0 Å². The summed E-state index contributed by atoms with van der Waals surface area (Å²) in [5.41, 5.74) is 4.98. The van der Waals surface area contributed by atoms with Gasteiger partial charge in [0.1, 0.15) is 5.52 Å². The summed E-state index contributed by atoms with van der Waals surface area (Å²) in [6.45, 7) is 1.19. The highest BCUT2D eigenvalue weighted by atomic mass is 32.2. The smallest absolute Gasteiger partial charge is 0.475 e. The van der Waals surface area contributed by atoms with Gasteiger partial charge < -0.3 is 9.67 Å². The number of carbonyl (C=O) groups is 1. The first-order valence-corrected chi connectivity index (χ1v) is 12.6. The van der Waals surface area contributed by atoms with Crippen molar-refractivity contribution >= 4 is 27.0 Å². The third-order valence-corrected chi connectivity index (χ3v) is 8.60. The van der Waals surface area contributed by atoms with Gasteiger partial charge in [-0.15, -0.1) is 0 Å². The molecule has 0 spiro atoms. The van der Waals surface area contributed by atoms with Crippen molar-refractivity contribution in [2.75, 3.05) is 13.1 Å². The van der Waals surface area contributed by atoms with Crippen molar-refractivity contribution in [2.45, 2.75) is 43.0 Å². The predicted molar refractivity (Wildman–Crippen MR) is 123 cm³/mol. The molecular formula is C23H25F3N4O4S. The molecule has 5 rings (SSSR count). The maximum Gasteiger partial charge on any atom is 0.490 e. The molecule has 2 aromatic heterocycles. The van der Waals surface area contributed by atoms with Crippen molar-refractivity contribution in [3.63, 3.8) is 0 Å². The van der Waals surface area contributed by atoms with Crippen LogP contribution in [0.2, 0.25) is 0 Å². The number of sulfonamides is 1. The molecule has 8 nitrogen and oxygen atoms in total. The van der Waals surface area contributed by atoms with Gasteiger partial charge in [0.25, 0.3) is 0 Å². The Balaban J connectivity index is 0.000000364. The van der Waals surface area contributed by atoms with Crippen molar-refractivity contribution in [1.29, 1.82) is 0 Å². The van der Waals surface area contributed by atoms with E-state index in [2.05, 4.69) is 23.2 Å². The number of rotatable bonds is 4. The van der Waals surface area contributed by atoms with Crippen LogP contribution in [0.3, 0.4) is 0 Å². The molecule has 35 heavy (non-hydrogen) atoms. The van der Waals surface area contributed by atoms with Gasteiger partial charge in [0.15, 0.2) is 0 Å². The number of benzene rings is 1. The lowest BCUT2D eigenvalue weighted by Crippen LogP contribution is -2.39. The number of carboxylic acid groups (broad SMARTS) is 1. The molecule has 1 saturated heterocycles. The summed E-state index contributed by atoms with van der Waals surface area (Å²) in [6, 6.07) is 12.3. The fourth-order valence-electron chi connectivity index (χ4n) is 4.14. The molecule has 1 aliphatic carbocycles. The number of halogens is 3. The number of hydrogen-bond acceptors (Lipinski definition) is 5. The summed E-state index contributed by atoms with van der Waals surface area (Å²) >= 11 is 0. The van der Waals surface area contributed by atoms with Crippen LogP contribution in [0, 0.1) is 0 Å². The van der Waals surface area contributed by atoms with Gasteiger partial charge in [-0.3, -0.25) is 4.98 Å². The molecule has 0 radical (unpaired) electrons. The SMILES string of the molecule is Cn1cnc2c(-c3ccccc3)nc(C3CCN(S(=O)(=O)C4CC4)CC3)cc21.O=C(O)C(F)(F)F. The standard InChI is InChI=1S/C21H24N4O2S.C2HF3O2/c1-24-14-22-21-19(24)13-18(23-20(21)16-5-3-2-4-6-16)15-9-11-25(12-10-15)28(26,27)17-7-8-17;3-2(4,5)1(6)7/h2-6,13-15,17H,7-12H2,1H3;(H,6,7). The maximum atomic E-state index is 12.5. The van der Waals surface area contributed by atoms with Crippen LogP contribution < -0.4 is 0 Å². The number of piperidine rings is 1. The summed E-state index contributed by atoms with van der Waals surface area (Å²) in [4.78, 5) is 18.5. The van der Waals surface area contributed by atoms with Crippen molar-refractivity contribution in [3.05, 3.63) is 48.4 Å². The fourth-order valence-corrected chi connectivity index (χ4v) is 6.01. The molecule has 3 heterocycles. The summed E-state index contributed by atoms with van der Waals surface area (Å²) < 4.78 is 60.5. The maximum absolute atomic E-state index is 12.5. The van der Waals surface area contributed by atoms with Crippen LogP contribution in [0.4, 0.5) is 13.2 Å². The molecule has 3 aromatic rings. The lowest BCUT2D eigenvalue weighted by Gasteiger charge is -2.31. The first kappa shape index (κ1) is 25.1. The lowest BCUT2D eigenvalue weighted by atomic mass is 9.93. The first-order chi connectivity index (χ1) is 16.5. The minimum Gasteiger partial charge on any atom is -0.475 e. The normalized spacial score (nSPS) is 17.7. The predicted octanol–water partition coefficient (Wildman–Crippen LogP) is 3.94. The molecule has 1 saturated carbocycles. The number of pyridine rings is 1. The van der Waals surface area contributed by atoms with Gasteiger partial charge in [0, 0.05) is 37.3 Å². The van der Waals surface area contributed by atoms with Gasteiger partial charge in [-0.2, -0.15) is 13.2 Å². The van der Waals surface area contributed by atoms with Crippen LogP contribution in [0.25, 0.3) is 22.3 Å². The number of aromatic nitrogens is 3. The summed E-state index contributed by atoms with van der Waals surface area (Å²) in [5.74, 6) is -2.49. The highest BCUT2D eigenvalue weighted by Crippen LogP contribution is 2.36. The number of aryl methyl sites for hydroxylation is 1. The van der Waals surface area contributed by atoms with Crippen LogP contribution in [0.15, 0.2) is 42.7 Å².